The number of hydrogen-bond acceptors (Lipinski definition) is 2. The maximum Gasteiger partial charge on any atom is 0.126 e. The Morgan fingerprint density at radius 1 is 1.08 bits per heavy atom. The van der Waals surface area contributed by atoms with Crippen LogP contribution in [0.25, 0.3) is 0 Å². The van der Waals surface area contributed by atoms with Crippen molar-refractivity contribution in [1.29, 1.82) is 0 Å². The first-order chi connectivity index (χ1) is 12.0. The highest BCUT2D eigenvalue weighted by Crippen LogP contribution is 2.45. The van der Waals surface area contributed by atoms with Crippen molar-refractivity contribution in [3.05, 3.63) is 71.0 Å². The van der Waals surface area contributed by atoms with Crippen molar-refractivity contribution < 1.29 is 9.50 Å². The molecule has 2 aromatic rings. The van der Waals surface area contributed by atoms with E-state index in [2.05, 4.69) is 35.2 Å². The SMILES string of the molecule is Cc1cc(C2(O)CC3CCCC(C2)N3Cc2ccccc2)ccc1F. The Kier molecular flexibility index (Phi) is 4.38. The lowest BCUT2D eigenvalue weighted by Crippen LogP contribution is -2.56. The molecule has 0 spiro atoms. The number of fused-ring (bicyclic) bond motifs is 2. The number of benzene rings is 2. The molecule has 2 aromatic carbocycles. The van der Waals surface area contributed by atoms with E-state index in [4.69, 9.17) is 0 Å². The van der Waals surface area contributed by atoms with Crippen molar-refractivity contribution in [2.24, 2.45) is 0 Å². The van der Waals surface area contributed by atoms with Crippen LogP contribution < -0.4 is 0 Å². The topological polar surface area (TPSA) is 23.5 Å². The van der Waals surface area contributed by atoms with E-state index in [0.29, 0.717) is 17.6 Å². The molecule has 2 saturated heterocycles. The molecule has 2 unspecified atom stereocenters. The molecular formula is C22H26FNO. The molecule has 2 fully saturated rings. The highest BCUT2D eigenvalue weighted by Gasteiger charge is 2.46. The molecule has 2 aliphatic rings. The summed E-state index contributed by atoms with van der Waals surface area (Å²) < 4.78 is 13.6. The predicted molar refractivity (Wildman–Crippen MR) is 97.7 cm³/mol. The summed E-state index contributed by atoms with van der Waals surface area (Å²) in [7, 11) is 0. The van der Waals surface area contributed by atoms with Gasteiger partial charge in [0.25, 0.3) is 0 Å². The standard InChI is InChI=1S/C22H26FNO/c1-16-12-18(10-11-21(16)23)22(25)13-19-8-5-9-20(14-22)24(19)15-17-6-3-2-4-7-17/h2-4,6-7,10-12,19-20,25H,5,8-9,13-15H2,1H3. The van der Waals surface area contributed by atoms with Crippen molar-refractivity contribution in [3.63, 3.8) is 0 Å². The lowest BCUT2D eigenvalue weighted by molar-refractivity contribution is -0.0999. The molecule has 2 nitrogen and oxygen atoms in total. The fourth-order valence-corrected chi connectivity index (χ4v) is 4.74. The first-order valence-corrected chi connectivity index (χ1v) is 9.34. The summed E-state index contributed by atoms with van der Waals surface area (Å²) in [4.78, 5) is 2.59. The summed E-state index contributed by atoms with van der Waals surface area (Å²) in [5.74, 6) is -0.200. The van der Waals surface area contributed by atoms with Gasteiger partial charge in [0.15, 0.2) is 0 Å². The van der Waals surface area contributed by atoms with Crippen LogP contribution in [0.3, 0.4) is 0 Å². The Hall–Kier alpha value is -1.71. The van der Waals surface area contributed by atoms with Crippen LogP contribution in [0, 0.1) is 12.7 Å². The predicted octanol–water partition coefficient (Wildman–Crippen LogP) is 4.54. The maximum absolute atomic E-state index is 13.6. The van der Waals surface area contributed by atoms with Crippen LogP contribution in [0.1, 0.15) is 48.8 Å². The van der Waals surface area contributed by atoms with Crippen LogP contribution in [-0.2, 0) is 12.1 Å². The number of aliphatic hydroxyl groups is 1. The Morgan fingerprint density at radius 3 is 2.40 bits per heavy atom. The van der Waals surface area contributed by atoms with Crippen LogP contribution in [0.4, 0.5) is 4.39 Å². The second-order valence-corrected chi connectivity index (χ2v) is 7.80. The lowest BCUT2D eigenvalue weighted by atomic mass is 9.72. The number of piperidine rings is 2. The average molecular weight is 339 g/mol. The van der Waals surface area contributed by atoms with E-state index >= 15 is 0 Å². The van der Waals surface area contributed by atoms with Crippen LogP contribution in [-0.4, -0.2) is 22.1 Å². The van der Waals surface area contributed by atoms with Crippen molar-refractivity contribution in [3.8, 4) is 0 Å². The van der Waals surface area contributed by atoms with Crippen molar-refractivity contribution >= 4 is 0 Å². The minimum absolute atomic E-state index is 0.200. The Balaban J connectivity index is 1.59. The molecule has 0 amide bonds. The minimum Gasteiger partial charge on any atom is -0.385 e. The molecule has 2 heterocycles. The fourth-order valence-electron chi connectivity index (χ4n) is 4.74. The van der Waals surface area contributed by atoms with Gasteiger partial charge in [0, 0.05) is 18.6 Å². The zero-order valence-corrected chi connectivity index (χ0v) is 14.8. The largest absolute Gasteiger partial charge is 0.385 e. The van der Waals surface area contributed by atoms with E-state index in [-0.39, 0.29) is 5.82 Å². The normalized spacial score (nSPS) is 29.6. The highest BCUT2D eigenvalue weighted by atomic mass is 19.1. The summed E-state index contributed by atoms with van der Waals surface area (Å²) >= 11 is 0. The molecule has 0 aliphatic carbocycles. The van der Waals surface area contributed by atoms with Crippen LogP contribution >= 0.6 is 0 Å². The first kappa shape index (κ1) is 16.7. The number of halogens is 1. The monoisotopic (exact) mass is 339 g/mol. The zero-order valence-electron chi connectivity index (χ0n) is 14.8. The summed E-state index contributed by atoms with van der Waals surface area (Å²) in [5, 5.41) is 11.4. The molecule has 2 bridgehead atoms. The molecule has 132 valence electrons. The Bertz CT molecular complexity index is 731. The lowest BCUT2D eigenvalue weighted by Gasteiger charge is -2.52. The minimum atomic E-state index is -0.832. The van der Waals surface area contributed by atoms with E-state index < -0.39 is 5.60 Å². The fraction of sp³-hybridized carbons (Fsp3) is 0.455. The van der Waals surface area contributed by atoms with Crippen molar-refractivity contribution in [1.82, 2.24) is 4.90 Å². The van der Waals surface area contributed by atoms with Gasteiger partial charge in [-0.05, 0) is 55.4 Å². The molecule has 1 N–H and O–H groups in total. The molecule has 2 aliphatic heterocycles. The molecule has 0 radical (unpaired) electrons. The summed E-state index contributed by atoms with van der Waals surface area (Å²) in [6.07, 6.45) is 4.97. The van der Waals surface area contributed by atoms with Crippen LogP contribution in [0.15, 0.2) is 48.5 Å². The highest BCUT2D eigenvalue weighted by molar-refractivity contribution is 5.30. The smallest absolute Gasteiger partial charge is 0.126 e. The Labute approximate surface area is 149 Å². The van der Waals surface area contributed by atoms with E-state index in [1.54, 1.807) is 13.0 Å². The van der Waals surface area contributed by atoms with E-state index in [9.17, 15) is 9.50 Å². The number of aryl methyl sites for hydroxylation is 1. The van der Waals surface area contributed by atoms with Crippen molar-refractivity contribution in [2.75, 3.05) is 0 Å². The van der Waals surface area contributed by atoms with Crippen LogP contribution in [0.2, 0.25) is 0 Å². The van der Waals surface area contributed by atoms with Gasteiger partial charge >= 0.3 is 0 Å². The van der Waals surface area contributed by atoms with Gasteiger partial charge in [-0.3, -0.25) is 4.90 Å². The third-order valence-corrected chi connectivity index (χ3v) is 6.06. The van der Waals surface area contributed by atoms with Gasteiger partial charge in [-0.1, -0.05) is 48.9 Å². The van der Waals surface area contributed by atoms with Gasteiger partial charge in [0.1, 0.15) is 5.82 Å². The first-order valence-electron chi connectivity index (χ1n) is 9.34. The van der Waals surface area contributed by atoms with Gasteiger partial charge in [0.2, 0.25) is 0 Å². The zero-order chi connectivity index (χ0) is 17.4. The summed E-state index contributed by atoms with van der Waals surface area (Å²) in [5.41, 5.74) is 1.99. The molecule has 2 atom stereocenters. The van der Waals surface area contributed by atoms with Gasteiger partial charge < -0.3 is 5.11 Å². The molecule has 25 heavy (non-hydrogen) atoms. The van der Waals surface area contributed by atoms with Gasteiger partial charge in [-0.2, -0.15) is 0 Å². The van der Waals surface area contributed by atoms with E-state index in [1.807, 2.05) is 6.07 Å². The second-order valence-electron chi connectivity index (χ2n) is 7.80. The van der Waals surface area contributed by atoms with Gasteiger partial charge in [-0.25, -0.2) is 4.39 Å². The number of hydrogen-bond donors (Lipinski definition) is 1. The summed E-state index contributed by atoms with van der Waals surface area (Å²) in [6, 6.07) is 16.5. The summed E-state index contributed by atoms with van der Waals surface area (Å²) in [6.45, 7) is 2.72. The molecular weight excluding hydrogens is 313 g/mol. The van der Waals surface area contributed by atoms with Crippen molar-refractivity contribution in [2.45, 2.75) is 63.3 Å². The van der Waals surface area contributed by atoms with E-state index in [1.165, 1.54) is 18.1 Å². The second kappa shape index (κ2) is 6.54. The molecule has 4 rings (SSSR count). The Morgan fingerprint density at radius 2 is 1.76 bits per heavy atom. The third-order valence-electron chi connectivity index (χ3n) is 6.06. The third kappa shape index (κ3) is 3.23. The van der Waals surface area contributed by atoms with Gasteiger partial charge in [-0.15, -0.1) is 0 Å². The average Bonchev–Trinajstić information content (AvgIpc) is 2.59. The van der Waals surface area contributed by atoms with Gasteiger partial charge in [0.05, 0.1) is 5.60 Å². The molecule has 3 heteroatoms. The maximum atomic E-state index is 13.6. The molecule has 0 saturated carbocycles. The molecule has 0 aromatic heterocycles. The number of rotatable bonds is 3. The number of nitrogens with zero attached hydrogens (tertiary/aromatic N) is 1. The van der Waals surface area contributed by atoms with E-state index in [0.717, 1.165) is 37.8 Å². The van der Waals surface area contributed by atoms with Crippen LogP contribution in [0.5, 0.6) is 0 Å². The quantitative estimate of drug-likeness (QED) is 0.887.